The van der Waals surface area contributed by atoms with Crippen molar-refractivity contribution in [1.29, 1.82) is 0 Å². The van der Waals surface area contributed by atoms with Gasteiger partial charge in [-0.05, 0) is 68.2 Å². The van der Waals surface area contributed by atoms with Crippen molar-refractivity contribution in [3.8, 4) is 22.3 Å². The third-order valence-electron chi connectivity index (χ3n) is 8.53. The van der Waals surface area contributed by atoms with Gasteiger partial charge in [-0.2, -0.15) is 0 Å². The molecule has 0 N–H and O–H groups in total. The second-order valence-electron chi connectivity index (χ2n) is 10.9. The molecule has 42 heavy (non-hydrogen) atoms. The van der Waals surface area contributed by atoms with Crippen LogP contribution in [0.15, 0.2) is 170 Å². The van der Waals surface area contributed by atoms with Crippen LogP contribution in [0.4, 0.5) is 17.1 Å². The summed E-state index contributed by atoms with van der Waals surface area (Å²) < 4.78 is 0. The third-order valence-corrected chi connectivity index (χ3v) is 8.53. The van der Waals surface area contributed by atoms with E-state index < -0.39 is 0 Å². The highest BCUT2D eigenvalue weighted by molar-refractivity contribution is 6.99. The van der Waals surface area contributed by atoms with Crippen LogP contribution in [0.5, 0.6) is 0 Å². The topological polar surface area (TPSA) is 3.24 Å². The summed E-state index contributed by atoms with van der Waals surface area (Å²) in [5.74, 6) is 0. The maximum Gasteiger partial charge on any atom is 0.248 e. The molecule has 0 amide bonds. The van der Waals surface area contributed by atoms with Crippen LogP contribution in [0.2, 0.25) is 0 Å². The molecule has 1 nitrogen and oxygen atoms in total. The van der Waals surface area contributed by atoms with Crippen molar-refractivity contribution in [3.05, 3.63) is 170 Å². The smallest absolute Gasteiger partial charge is 0.248 e. The Morgan fingerprint density at radius 3 is 1.48 bits per heavy atom. The molecule has 1 aliphatic rings. The molecule has 0 atom stereocenters. The highest BCUT2D eigenvalue weighted by Crippen LogP contribution is 2.38. The molecule has 0 aliphatic carbocycles. The molecule has 0 radical (unpaired) electrons. The van der Waals surface area contributed by atoms with Crippen molar-refractivity contribution in [2.45, 2.75) is 0 Å². The Bertz CT molecular complexity index is 1940. The van der Waals surface area contributed by atoms with Gasteiger partial charge in [0.15, 0.2) is 0 Å². The number of anilines is 3. The van der Waals surface area contributed by atoms with Crippen molar-refractivity contribution >= 4 is 50.9 Å². The van der Waals surface area contributed by atoms with E-state index in [1.165, 1.54) is 66.5 Å². The molecule has 0 saturated carbocycles. The van der Waals surface area contributed by atoms with E-state index in [0.717, 1.165) is 0 Å². The molecule has 0 bridgehead atoms. The molecule has 7 aromatic rings. The lowest BCUT2D eigenvalue weighted by Gasteiger charge is -2.38. The molecule has 196 valence electrons. The number of hydrogen-bond donors (Lipinski definition) is 0. The standard InChI is InChI=1S/C40H28BN/c1-3-15-30(16-4-1)34-20-13-21-35(31-17-5-2-6-18-31)40(34)41-36-22-9-11-24-38(36)42(39-25-12-10-23-37(39)41)33-27-26-29-14-7-8-19-32(29)28-33/h1-28H. The van der Waals surface area contributed by atoms with Gasteiger partial charge in [-0.3, -0.25) is 0 Å². The molecule has 0 spiro atoms. The van der Waals surface area contributed by atoms with E-state index in [4.69, 9.17) is 0 Å². The van der Waals surface area contributed by atoms with Gasteiger partial charge >= 0.3 is 0 Å². The van der Waals surface area contributed by atoms with Gasteiger partial charge in [-0.25, -0.2) is 0 Å². The van der Waals surface area contributed by atoms with Crippen LogP contribution in [0.1, 0.15) is 0 Å². The minimum absolute atomic E-state index is 0.0562. The molecule has 8 rings (SSSR count). The van der Waals surface area contributed by atoms with E-state index in [0.29, 0.717) is 0 Å². The Labute approximate surface area is 247 Å². The lowest BCUT2D eigenvalue weighted by Crippen LogP contribution is -2.58. The Hall–Kier alpha value is -5.34. The summed E-state index contributed by atoms with van der Waals surface area (Å²) in [4.78, 5) is 2.45. The zero-order valence-electron chi connectivity index (χ0n) is 23.2. The number of para-hydroxylation sites is 2. The van der Waals surface area contributed by atoms with E-state index in [1.807, 2.05) is 0 Å². The highest BCUT2D eigenvalue weighted by atomic mass is 15.1. The molecule has 1 aliphatic heterocycles. The minimum atomic E-state index is 0.0562. The predicted molar refractivity (Wildman–Crippen MR) is 181 cm³/mol. The monoisotopic (exact) mass is 533 g/mol. The summed E-state index contributed by atoms with van der Waals surface area (Å²) in [5, 5.41) is 2.50. The van der Waals surface area contributed by atoms with Crippen molar-refractivity contribution in [2.24, 2.45) is 0 Å². The lowest BCUT2D eigenvalue weighted by molar-refractivity contribution is 1.30. The fourth-order valence-electron chi connectivity index (χ4n) is 6.69. The summed E-state index contributed by atoms with van der Waals surface area (Å²) in [6.45, 7) is 0.0562. The third kappa shape index (κ3) is 4.04. The molecular formula is C40H28BN. The Kier molecular flexibility index (Phi) is 5.97. The molecule has 0 saturated heterocycles. The number of hydrogen-bond acceptors (Lipinski definition) is 1. The Morgan fingerprint density at radius 2 is 0.881 bits per heavy atom. The maximum atomic E-state index is 2.45. The SMILES string of the molecule is c1ccc(-c2cccc(-c3ccccc3)c2B2c3ccccc3N(c3ccc4ccccc4c3)c3ccccc32)cc1. The molecule has 7 aromatic carbocycles. The first-order valence-corrected chi connectivity index (χ1v) is 14.6. The van der Waals surface area contributed by atoms with E-state index in [1.54, 1.807) is 0 Å². The zero-order valence-corrected chi connectivity index (χ0v) is 23.2. The second kappa shape index (κ2) is 10.2. The van der Waals surface area contributed by atoms with Gasteiger partial charge in [0.25, 0.3) is 0 Å². The average molecular weight is 533 g/mol. The number of fused-ring (bicyclic) bond motifs is 3. The van der Waals surface area contributed by atoms with Gasteiger partial charge < -0.3 is 4.90 Å². The van der Waals surface area contributed by atoms with Gasteiger partial charge in [0, 0.05) is 17.1 Å². The van der Waals surface area contributed by atoms with E-state index in [2.05, 4.69) is 175 Å². The highest BCUT2D eigenvalue weighted by Gasteiger charge is 2.37. The normalized spacial score (nSPS) is 12.2. The van der Waals surface area contributed by atoms with Gasteiger partial charge in [0.1, 0.15) is 0 Å². The van der Waals surface area contributed by atoms with Crippen molar-refractivity contribution in [2.75, 3.05) is 4.90 Å². The van der Waals surface area contributed by atoms with Crippen LogP contribution in [-0.2, 0) is 0 Å². The van der Waals surface area contributed by atoms with E-state index in [-0.39, 0.29) is 6.71 Å². The number of nitrogens with zero attached hydrogens (tertiary/aromatic N) is 1. The number of rotatable bonds is 4. The van der Waals surface area contributed by atoms with Gasteiger partial charge in [-0.1, -0.05) is 151 Å². The number of benzene rings is 7. The summed E-state index contributed by atoms with van der Waals surface area (Å²) >= 11 is 0. The fraction of sp³-hybridized carbons (Fsp3) is 0. The first kappa shape index (κ1) is 24.5. The average Bonchev–Trinajstić information content (AvgIpc) is 3.07. The van der Waals surface area contributed by atoms with Crippen LogP contribution < -0.4 is 21.3 Å². The van der Waals surface area contributed by atoms with Crippen LogP contribution in [0.25, 0.3) is 33.0 Å². The summed E-state index contributed by atoms with van der Waals surface area (Å²) in [6.07, 6.45) is 0. The molecule has 1 heterocycles. The van der Waals surface area contributed by atoms with Crippen molar-refractivity contribution in [3.63, 3.8) is 0 Å². The van der Waals surface area contributed by atoms with E-state index in [9.17, 15) is 0 Å². The summed E-state index contributed by atoms with van der Waals surface area (Å²) in [7, 11) is 0. The summed E-state index contributed by atoms with van der Waals surface area (Å²) in [6, 6.07) is 61.8. The fourth-order valence-corrected chi connectivity index (χ4v) is 6.69. The molecule has 2 heteroatoms. The van der Waals surface area contributed by atoms with Crippen LogP contribution in [-0.4, -0.2) is 6.71 Å². The molecule has 0 fully saturated rings. The predicted octanol–water partition coefficient (Wildman–Crippen LogP) is 8.47. The van der Waals surface area contributed by atoms with Crippen molar-refractivity contribution < 1.29 is 0 Å². The lowest BCUT2D eigenvalue weighted by atomic mass is 9.33. The molecule has 0 aromatic heterocycles. The first-order valence-electron chi connectivity index (χ1n) is 14.6. The molecule has 0 unspecified atom stereocenters. The maximum absolute atomic E-state index is 2.45. The Morgan fingerprint density at radius 1 is 0.381 bits per heavy atom. The molecular weight excluding hydrogens is 505 g/mol. The summed E-state index contributed by atoms with van der Waals surface area (Å²) in [5.41, 5.74) is 12.6. The zero-order chi connectivity index (χ0) is 27.9. The first-order chi connectivity index (χ1) is 20.9. The van der Waals surface area contributed by atoms with E-state index >= 15 is 0 Å². The van der Waals surface area contributed by atoms with Gasteiger partial charge in [-0.15, -0.1) is 0 Å². The van der Waals surface area contributed by atoms with Crippen molar-refractivity contribution in [1.82, 2.24) is 0 Å². The largest absolute Gasteiger partial charge is 0.312 e. The minimum Gasteiger partial charge on any atom is -0.312 e. The van der Waals surface area contributed by atoms with Crippen LogP contribution in [0.3, 0.4) is 0 Å². The Balaban J connectivity index is 1.42. The van der Waals surface area contributed by atoms with Crippen LogP contribution >= 0.6 is 0 Å². The second-order valence-corrected chi connectivity index (χ2v) is 10.9. The van der Waals surface area contributed by atoms with Gasteiger partial charge in [0.05, 0.1) is 0 Å². The quantitative estimate of drug-likeness (QED) is 0.205. The van der Waals surface area contributed by atoms with Gasteiger partial charge in [0.2, 0.25) is 6.71 Å². The van der Waals surface area contributed by atoms with Crippen LogP contribution in [0, 0.1) is 0 Å².